The van der Waals surface area contributed by atoms with Gasteiger partial charge >= 0.3 is 0 Å². The molecule has 128 valence electrons. The number of carbonyl (C=O) groups is 1. The lowest BCUT2D eigenvalue weighted by Gasteiger charge is -2.23. The van der Waals surface area contributed by atoms with E-state index in [4.69, 9.17) is 9.15 Å². The standard InChI is InChI=1S/C19H18N2O4/c1-24-17-10-25-16(9-15(17)22)19(23)21-14-8-4-6-12-11-5-2-3-7-13(11)20-18(12)14/h2-3,5,7,9-10,14,20H,4,6,8H2,1H3,(H,21,23)/t14-/m1/s1. The van der Waals surface area contributed by atoms with E-state index in [0.717, 1.165) is 42.8 Å². The summed E-state index contributed by atoms with van der Waals surface area (Å²) < 4.78 is 10.1. The van der Waals surface area contributed by atoms with Gasteiger partial charge < -0.3 is 19.5 Å². The van der Waals surface area contributed by atoms with Gasteiger partial charge in [-0.1, -0.05) is 18.2 Å². The van der Waals surface area contributed by atoms with Crippen LogP contribution < -0.4 is 15.5 Å². The number of aromatic amines is 1. The molecule has 4 rings (SSSR count). The van der Waals surface area contributed by atoms with Crippen molar-refractivity contribution >= 4 is 16.8 Å². The molecule has 1 amide bonds. The first-order chi connectivity index (χ1) is 12.2. The molecule has 0 radical (unpaired) electrons. The zero-order valence-electron chi connectivity index (χ0n) is 13.8. The average molecular weight is 338 g/mol. The topological polar surface area (TPSA) is 84.3 Å². The van der Waals surface area contributed by atoms with Crippen LogP contribution in [0.4, 0.5) is 0 Å². The number of hydrogen-bond donors (Lipinski definition) is 2. The number of nitrogens with one attached hydrogen (secondary N) is 2. The van der Waals surface area contributed by atoms with Gasteiger partial charge in [-0.2, -0.15) is 0 Å². The number of H-pyrrole nitrogens is 1. The molecular weight excluding hydrogens is 320 g/mol. The number of para-hydroxylation sites is 1. The molecule has 1 aliphatic rings. The van der Waals surface area contributed by atoms with E-state index in [2.05, 4.69) is 16.4 Å². The van der Waals surface area contributed by atoms with Gasteiger partial charge in [0, 0.05) is 22.7 Å². The van der Waals surface area contributed by atoms with Gasteiger partial charge in [-0.05, 0) is 30.9 Å². The van der Waals surface area contributed by atoms with E-state index >= 15 is 0 Å². The summed E-state index contributed by atoms with van der Waals surface area (Å²) in [4.78, 5) is 27.7. The Kier molecular flexibility index (Phi) is 3.80. The Labute approximate surface area is 143 Å². The molecule has 1 atom stereocenters. The van der Waals surface area contributed by atoms with Crippen LogP contribution in [0.2, 0.25) is 0 Å². The molecule has 6 heteroatoms. The molecule has 3 aromatic rings. The fraction of sp³-hybridized carbons (Fsp3) is 0.263. The Balaban J connectivity index is 1.63. The lowest BCUT2D eigenvalue weighted by molar-refractivity contribution is 0.0900. The second kappa shape index (κ2) is 6.12. The van der Waals surface area contributed by atoms with E-state index in [1.54, 1.807) is 0 Å². The van der Waals surface area contributed by atoms with E-state index in [0.29, 0.717) is 0 Å². The maximum Gasteiger partial charge on any atom is 0.287 e. The third-order valence-electron chi connectivity index (χ3n) is 4.66. The van der Waals surface area contributed by atoms with Crippen molar-refractivity contribution < 1.29 is 13.9 Å². The van der Waals surface area contributed by atoms with Gasteiger partial charge in [-0.15, -0.1) is 0 Å². The van der Waals surface area contributed by atoms with Crippen LogP contribution in [0, 0.1) is 0 Å². The highest BCUT2D eigenvalue weighted by atomic mass is 16.5. The highest BCUT2D eigenvalue weighted by Crippen LogP contribution is 2.34. The molecule has 0 spiro atoms. The molecule has 1 aliphatic carbocycles. The van der Waals surface area contributed by atoms with Crippen LogP contribution in [0.1, 0.15) is 40.7 Å². The third kappa shape index (κ3) is 2.69. The minimum atomic E-state index is -0.406. The first-order valence-corrected chi connectivity index (χ1v) is 8.24. The number of amides is 1. The molecule has 2 aromatic heterocycles. The lowest BCUT2D eigenvalue weighted by atomic mass is 9.91. The number of aryl methyl sites for hydroxylation is 1. The van der Waals surface area contributed by atoms with Crippen molar-refractivity contribution in [3.05, 3.63) is 63.8 Å². The molecule has 25 heavy (non-hydrogen) atoms. The van der Waals surface area contributed by atoms with Crippen LogP contribution in [0.5, 0.6) is 5.75 Å². The number of methoxy groups -OCH3 is 1. The van der Waals surface area contributed by atoms with Gasteiger partial charge in [0.15, 0.2) is 5.76 Å². The van der Waals surface area contributed by atoms with Crippen molar-refractivity contribution in [1.82, 2.24) is 10.3 Å². The van der Waals surface area contributed by atoms with Crippen molar-refractivity contribution in [2.75, 3.05) is 7.11 Å². The summed E-state index contributed by atoms with van der Waals surface area (Å²) in [5.41, 5.74) is 2.98. The predicted octanol–water partition coefficient (Wildman–Crippen LogP) is 2.94. The molecule has 0 bridgehead atoms. The summed E-state index contributed by atoms with van der Waals surface area (Å²) in [5, 5.41) is 4.17. The third-order valence-corrected chi connectivity index (χ3v) is 4.66. The molecule has 2 N–H and O–H groups in total. The highest BCUT2D eigenvalue weighted by Gasteiger charge is 2.26. The van der Waals surface area contributed by atoms with E-state index in [1.165, 1.54) is 18.1 Å². The number of aromatic nitrogens is 1. The summed E-state index contributed by atoms with van der Waals surface area (Å²) in [7, 11) is 1.38. The fourth-order valence-corrected chi connectivity index (χ4v) is 3.46. The quantitative estimate of drug-likeness (QED) is 0.769. The van der Waals surface area contributed by atoms with Crippen molar-refractivity contribution in [2.24, 2.45) is 0 Å². The number of benzene rings is 1. The second-order valence-corrected chi connectivity index (χ2v) is 6.16. The number of fused-ring (bicyclic) bond motifs is 3. The van der Waals surface area contributed by atoms with Crippen LogP contribution in [-0.4, -0.2) is 18.0 Å². The molecule has 6 nitrogen and oxygen atoms in total. The molecule has 0 aliphatic heterocycles. The summed E-state index contributed by atoms with van der Waals surface area (Å²) in [6.07, 6.45) is 3.98. The van der Waals surface area contributed by atoms with Gasteiger partial charge in [-0.25, -0.2) is 0 Å². The summed E-state index contributed by atoms with van der Waals surface area (Å²) in [5.74, 6) is -0.350. The van der Waals surface area contributed by atoms with Gasteiger partial charge in [0.2, 0.25) is 11.2 Å². The first kappa shape index (κ1) is 15.5. The first-order valence-electron chi connectivity index (χ1n) is 8.24. The van der Waals surface area contributed by atoms with Gasteiger partial charge in [0.05, 0.1) is 13.2 Å². The van der Waals surface area contributed by atoms with Crippen molar-refractivity contribution in [3.8, 4) is 5.75 Å². The zero-order chi connectivity index (χ0) is 17.4. The van der Waals surface area contributed by atoms with Crippen LogP contribution in [0.15, 0.2) is 45.8 Å². The van der Waals surface area contributed by atoms with E-state index in [1.807, 2.05) is 18.2 Å². The van der Waals surface area contributed by atoms with Crippen molar-refractivity contribution in [1.29, 1.82) is 0 Å². The maximum absolute atomic E-state index is 12.5. The molecule has 1 aromatic carbocycles. The van der Waals surface area contributed by atoms with Gasteiger partial charge in [0.25, 0.3) is 5.91 Å². The molecule has 0 saturated heterocycles. The van der Waals surface area contributed by atoms with E-state index in [-0.39, 0.29) is 23.0 Å². The Morgan fingerprint density at radius 1 is 1.36 bits per heavy atom. The Morgan fingerprint density at radius 3 is 3.00 bits per heavy atom. The monoisotopic (exact) mass is 338 g/mol. The largest absolute Gasteiger partial charge is 0.490 e. The predicted molar refractivity (Wildman–Crippen MR) is 93.0 cm³/mol. The van der Waals surface area contributed by atoms with Gasteiger partial charge in [-0.3, -0.25) is 9.59 Å². The number of ether oxygens (including phenoxy) is 1. The Bertz CT molecular complexity index is 1000. The molecule has 0 fully saturated rings. The number of rotatable bonds is 3. The maximum atomic E-state index is 12.5. The molecule has 2 heterocycles. The average Bonchev–Trinajstić information content (AvgIpc) is 3.01. The summed E-state index contributed by atoms with van der Waals surface area (Å²) >= 11 is 0. The summed E-state index contributed by atoms with van der Waals surface area (Å²) in [6, 6.07) is 9.17. The lowest BCUT2D eigenvalue weighted by Crippen LogP contribution is -2.31. The number of carbonyl (C=O) groups excluding carboxylic acids is 1. The summed E-state index contributed by atoms with van der Waals surface area (Å²) in [6.45, 7) is 0. The van der Waals surface area contributed by atoms with Crippen molar-refractivity contribution in [3.63, 3.8) is 0 Å². The highest BCUT2D eigenvalue weighted by molar-refractivity contribution is 5.92. The molecular formula is C19H18N2O4. The van der Waals surface area contributed by atoms with E-state index < -0.39 is 5.91 Å². The number of hydrogen-bond acceptors (Lipinski definition) is 4. The van der Waals surface area contributed by atoms with Crippen LogP contribution in [0.25, 0.3) is 10.9 Å². The minimum absolute atomic E-state index is 0.0194. The normalized spacial score (nSPS) is 16.4. The van der Waals surface area contributed by atoms with Crippen LogP contribution in [0.3, 0.4) is 0 Å². The van der Waals surface area contributed by atoms with Crippen molar-refractivity contribution in [2.45, 2.75) is 25.3 Å². The van der Waals surface area contributed by atoms with Crippen LogP contribution in [-0.2, 0) is 6.42 Å². The molecule has 0 saturated carbocycles. The second-order valence-electron chi connectivity index (χ2n) is 6.16. The van der Waals surface area contributed by atoms with Gasteiger partial charge in [0.1, 0.15) is 6.26 Å². The smallest absolute Gasteiger partial charge is 0.287 e. The minimum Gasteiger partial charge on any atom is -0.490 e. The molecule has 0 unspecified atom stereocenters. The Morgan fingerprint density at radius 2 is 2.20 bits per heavy atom. The Hall–Kier alpha value is -3.02. The zero-order valence-corrected chi connectivity index (χ0v) is 13.8. The SMILES string of the molecule is COc1coc(C(=O)N[C@@H]2CCCc3c2[nH]c2ccccc32)cc1=O. The van der Waals surface area contributed by atoms with E-state index in [9.17, 15) is 9.59 Å². The fourth-order valence-electron chi connectivity index (χ4n) is 3.46. The van der Waals surface area contributed by atoms with Crippen LogP contribution >= 0.6 is 0 Å².